The van der Waals surface area contributed by atoms with Crippen LogP contribution < -0.4 is 0 Å². The highest BCUT2D eigenvalue weighted by atomic mass is 16.6. The largest absolute Gasteiger partial charge is 0.479 e. The molecule has 0 aliphatic rings. The Balaban J connectivity index is 2.25. The SMILES string of the molecule is CC(OC(=O)c1ccc2ccccc2n1)C(=O)O. The summed E-state index contributed by atoms with van der Waals surface area (Å²) >= 11 is 0. The van der Waals surface area contributed by atoms with Crippen LogP contribution in [0.3, 0.4) is 0 Å². The van der Waals surface area contributed by atoms with Crippen LogP contribution in [0.15, 0.2) is 36.4 Å². The maximum Gasteiger partial charge on any atom is 0.357 e. The molecule has 1 N–H and O–H groups in total. The van der Waals surface area contributed by atoms with Gasteiger partial charge >= 0.3 is 11.9 Å². The number of fused-ring (bicyclic) bond motifs is 1. The molecule has 1 aromatic heterocycles. The van der Waals surface area contributed by atoms with E-state index < -0.39 is 18.0 Å². The molecule has 0 aliphatic heterocycles. The molecule has 5 heteroatoms. The molecule has 1 unspecified atom stereocenters. The first-order valence-corrected chi connectivity index (χ1v) is 5.37. The number of aliphatic carboxylic acids is 1. The van der Waals surface area contributed by atoms with E-state index in [4.69, 9.17) is 9.84 Å². The van der Waals surface area contributed by atoms with Gasteiger partial charge in [-0.25, -0.2) is 14.6 Å². The molecule has 5 nitrogen and oxygen atoms in total. The number of pyridine rings is 1. The minimum absolute atomic E-state index is 0.0989. The molecule has 0 bridgehead atoms. The molecule has 18 heavy (non-hydrogen) atoms. The molecule has 0 saturated carbocycles. The highest BCUT2D eigenvalue weighted by Gasteiger charge is 2.18. The van der Waals surface area contributed by atoms with E-state index >= 15 is 0 Å². The minimum atomic E-state index is -1.19. The second-order valence-electron chi connectivity index (χ2n) is 3.77. The number of rotatable bonds is 3. The van der Waals surface area contributed by atoms with Gasteiger partial charge < -0.3 is 9.84 Å². The van der Waals surface area contributed by atoms with Crippen LogP contribution in [-0.4, -0.2) is 28.1 Å². The first kappa shape index (κ1) is 12.0. The van der Waals surface area contributed by atoms with Gasteiger partial charge in [-0.05, 0) is 19.1 Å². The van der Waals surface area contributed by atoms with Crippen molar-refractivity contribution in [2.45, 2.75) is 13.0 Å². The van der Waals surface area contributed by atoms with Crippen molar-refractivity contribution >= 4 is 22.8 Å². The highest BCUT2D eigenvalue weighted by Crippen LogP contribution is 2.12. The molecule has 1 atom stereocenters. The lowest BCUT2D eigenvalue weighted by molar-refractivity contribution is -0.146. The Morgan fingerprint density at radius 1 is 1.22 bits per heavy atom. The molecule has 0 spiro atoms. The molecule has 2 aromatic rings. The van der Waals surface area contributed by atoms with E-state index in [-0.39, 0.29) is 5.69 Å². The molecule has 92 valence electrons. The zero-order valence-electron chi connectivity index (χ0n) is 9.66. The summed E-state index contributed by atoms with van der Waals surface area (Å²) in [7, 11) is 0. The normalized spacial score (nSPS) is 12.1. The second kappa shape index (κ2) is 4.83. The Labute approximate surface area is 103 Å². The van der Waals surface area contributed by atoms with Gasteiger partial charge in [-0.1, -0.05) is 24.3 Å². The van der Waals surface area contributed by atoms with Gasteiger partial charge in [-0.3, -0.25) is 0 Å². The fourth-order valence-electron chi connectivity index (χ4n) is 1.45. The van der Waals surface area contributed by atoms with Gasteiger partial charge in [0.1, 0.15) is 5.69 Å². The Kier molecular flexibility index (Phi) is 3.23. The van der Waals surface area contributed by atoms with E-state index in [2.05, 4.69) is 4.98 Å². The topological polar surface area (TPSA) is 76.5 Å². The van der Waals surface area contributed by atoms with Crippen LogP contribution in [0.1, 0.15) is 17.4 Å². The molecule has 2 rings (SSSR count). The van der Waals surface area contributed by atoms with E-state index in [0.29, 0.717) is 5.52 Å². The minimum Gasteiger partial charge on any atom is -0.479 e. The number of para-hydroxylation sites is 1. The van der Waals surface area contributed by atoms with Crippen molar-refractivity contribution < 1.29 is 19.4 Å². The van der Waals surface area contributed by atoms with Gasteiger partial charge in [0.15, 0.2) is 6.10 Å². The Morgan fingerprint density at radius 3 is 2.67 bits per heavy atom. The number of carbonyl (C=O) groups excluding carboxylic acids is 1. The predicted molar refractivity (Wildman–Crippen MR) is 64.3 cm³/mol. The van der Waals surface area contributed by atoms with Crippen molar-refractivity contribution in [2.75, 3.05) is 0 Å². The van der Waals surface area contributed by atoms with Crippen LogP contribution in [0.2, 0.25) is 0 Å². The maximum atomic E-state index is 11.7. The van der Waals surface area contributed by atoms with Crippen molar-refractivity contribution in [1.82, 2.24) is 4.98 Å². The lowest BCUT2D eigenvalue weighted by Crippen LogP contribution is -2.24. The number of hydrogen-bond donors (Lipinski definition) is 1. The molecule has 0 aliphatic carbocycles. The van der Waals surface area contributed by atoms with Gasteiger partial charge in [-0.2, -0.15) is 0 Å². The first-order chi connectivity index (χ1) is 8.58. The fourth-order valence-corrected chi connectivity index (χ4v) is 1.45. The second-order valence-corrected chi connectivity index (χ2v) is 3.77. The van der Waals surface area contributed by atoms with Crippen LogP contribution in [-0.2, 0) is 9.53 Å². The van der Waals surface area contributed by atoms with Crippen molar-refractivity contribution in [3.05, 3.63) is 42.1 Å². The molecule has 0 saturated heterocycles. The third-order valence-electron chi connectivity index (χ3n) is 2.44. The van der Waals surface area contributed by atoms with Gasteiger partial charge in [0.05, 0.1) is 5.52 Å². The average Bonchev–Trinajstić information content (AvgIpc) is 2.37. The maximum absolute atomic E-state index is 11.7. The number of hydrogen-bond acceptors (Lipinski definition) is 4. The van der Waals surface area contributed by atoms with Crippen LogP contribution >= 0.6 is 0 Å². The van der Waals surface area contributed by atoms with Gasteiger partial charge in [0.2, 0.25) is 0 Å². The fraction of sp³-hybridized carbons (Fsp3) is 0.154. The quantitative estimate of drug-likeness (QED) is 0.835. The Bertz CT molecular complexity index is 609. The van der Waals surface area contributed by atoms with E-state index in [0.717, 1.165) is 5.39 Å². The van der Waals surface area contributed by atoms with Crippen molar-refractivity contribution in [3.63, 3.8) is 0 Å². The van der Waals surface area contributed by atoms with Crippen molar-refractivity contribution in [1.29, 1.82) is 0 Å². The van der Waals surface area contributed by atoms with Gasteiger partial charge in [0.25, 0.3) is 0 Å². The van der Waals surface area contributed by atoms with Crippen LogP contribution in [0, 0.1) is 0 Å². The number of ether oxygens (including phenoxy) is 1. The first-order valence-electron chi connectivity index (χ1n) is 5.37. The number of carboxylic acids is 1. The smallest absolute Gasteiger partial charge is 0.357 e. The monoisotopic (exact) mass is 245 g/mol. The number of nitrogens with zero attached hydrogens (tertiary/aromatic N) is 1. The number of esters is 1. The zero-order chi connectivity index (χ0) is 13.1. The van der Waals surface area contributed by atoms with E-state index in [1.807, 2.05) is 18.2 Å². The summed E-state index contributed by atoms with van der Waals surface area (Å²) < 4.78 is 4.75. The lowest BCUT2D eigenvalue weighted by atomic mass is 10.2. The summed E-state index contributed by atoms with van der Waals surface area (Å²) in [5, 5.41) is 9.56. The van der Waals surface area contributed by atoms with Crippen LogP contribution in [0.25, 0.3) is 10.9 Å². The van der Waals surface area contributed by atoms with Crippen molar-refractivity contribution in [2.24, 2.45) is 0 Å². The van der Waals surface area contributed by atoms with Crippen LogP contribution in [0.4, 0.5) is 0 Å². The summed E-state index contributed by atoms with van der Waals surface area (Å²) in [6.07, 6.45) is -1.19. The number of benzene rings is 1. The predicted octanol–water partition coefficient (Wildman–Crippen LogP) is 1.86. The summed E-state index contributed by atoms with van der Waals surface area (Å²) in [6.45, 7) is 1.29. The lowest BCUT2D eigenvalue weighted by Gasteiger charge is -2.08. The number of aromatic nitrogens is 1. The summed E-state index contributed by atoms with van der Waals surface area (Å²) in [6, 6.07) is 10.6. The summed E-state index contributed by atoms with van der Waals surface area (Å²) in [5.74, 6) is -1.93. The molecule has 0 radical (unpaired) electrons. The van der Waals surface area contributed by atoms with Crippen molar-refractivity contribution in [3.8, 4) is 0 Å². The third-order valence-corrected chi connectivity index (χ3v) is 2.44. The van der Waals surface area contributed by atoms with E-state index in [9.17, 15) is 9.59 Å². The molecular weight excluding hydrogens is 234 g/mol. The van der Waals surface area contributed by atoms with Gasteiger partial charge in [0, 0.05) is 5.39 Å². The summed E-state index contributed by atoms with van der Waals surface area (Å²) in [4.78, 5) is 26.4. The van der Waals surface area contributed by atoms with Crippen LogP contribution in [0.5, 0.6) is 0 Å². The average molecular weight is 245 g/mol. The molecule has 1 aromatic carbocycles. The summed E-state index contributed by atoms with van der Waals surface area (Å²) in [5.41, 5.74) is 0.761. The third kappa shape index (κ3) is 2.45. The zero-order valence-corrected chi connectivity index (χ0v) is 9.66. The number of carbonyl (C=O) groups is 2. The number of carboxylic acid groups (broad SMARTS) is 1. The molecule has 0 amide bonds. The van der Waals surface area contributed by atoms with E-state index in [1.54, 1.807) is 12.1 Å². The standard InChI is InChI=1S/C13H11NO4/c1-8(12(15)16)18-13(17)11-7-6-9-4-2-3-5-10(9)14-11/h2-8H,1H3,(H,15,16). The Hall–Kier alpha value is -2.43. The highest BCUT2D eigenvalue weighted by molar-refractivity contribution is 5.92. The van der Waals surface area contributed by atoms with Gasteiger partial charge in [-0.15, -0.1) is 0 Å². The molecular formula is C13H11NO4. The molecule has 1 heterocycles. The van der Waals surface area contributed by atoms with E-state index in [1.165, 1.54) is 13.0 Å². The Morgan fingerprint density at radius 2 is 1.94 bits per heavy atom. The molecule has 0 fully saturated rings.